The molecule has 0 aliphatic carbocycles. The predicted molar refractivity (Wildman–Crippen MR) is 77.0 cm³/mol. The zero-order valence-corrected chi connectivity index (χ0v) is 12.0. The van der Waals surface area contributed by atoms with Crippen molar-refractivity contribution < 1.29 is 4.39 Å². The van der Waals surface area contributed by atoms with Crippen molar-refractivity contribution >= 4 is 12.8 Å². The third kappa shape index (κ3) is 2.62. The summed E-state index contributed by atoms with van der Waals surface area (Å²) in [5, 5.41) is 0. The Morgan fingerprint density at radius 1 is 1.28 bits per heavy atom. The SMILES string of the molecule is CC(C)C1=CCC(c2ccc(F)cc2)N(S)C1C. The lowest BCUT2D eigenvalue weighted by Gasteiger charge is -2.38. The number of thiol groups is 1. The van der Waals surface area contributed by atoms with Crippen LogP contribution in [0.1, 0.15) is 38.8 Å². The summed E-state index contributed by atoms with van der Waals surface area (Å²) in [6, 6.07) is 7.28. The van der Waals surface area contributed by atoms with Gasteiger partial charge in [0, 0.05) is 12.1 Å². The Morgan fingerprint density at radius 3 is 2.44 bits per heavy atom. The van der Waals surface area contributed by atoms with Gasteiger partial charge in [0.05, 0.1) is 0 Å². The van der Waals surface area contributed by atoms with Gasteiger partial charge in [0.25, 0.3) is 0 Å². The number of halogens is 1. The van der Waals surface area contributed by atoms with Crippen LogP contribution in [0.5, 0.6) is 0 Å². The van der Waals surface area contributed by atoms with Crippen molar-refractivity contribution in [3.8, 4) is 0 Å². The van der Waals surface area contributed by atoms with E-state index in [1.54, 1.807) is 0 Å². The minimum atomic E-state index is -0.188. The lowest BCUT2D eigenvalue weighted by molar-refractivity contribution is 0.290. The summed E-state index contributed by atoms with van der Waals surface area (Å²) in [7, 11) is 0. The Hall–Kier alpha value is -0.800. The molecule has 0 amide bonds. The highest BCUT2D eigenvalue weighted by Crippen LogP contribution is 2.37. The molecular weight excluding hydrogens is 245 g/mol. The Balaban J connectivity index is 2.24. The largest absolute Gasteiger partial charge is 0.239 e. The molecule has 0 aromatic heterocycles. The van der Waals surface area contributed by atoms with Crippen LogP contribution in [0.15, 0.2) is 35.9 Å². The average molecular weight is 265 g/mol. The van der Waals surface area contributed by atoms with Crippen molar-refractivity contribution in [3.63, 3.8) is 0 Å². The molecule has 1 aliphatic rings. The molecule has 0 saturated heterocycles. The second kappa shape index (κ2) is 5.45. The molecule has 1 heterocycles. The maximum Gasteiger partial charge on any atom is 0.123 e. The Kier molecular flexibility index (Phi) is 4.13. The third-order valence-corrected chi connectivity index (χ3v) is 4.32. The van der Waals surface area contributed by atoms with E-state index in [0.717, 1.165) is 12.0 Å². The van der Waals surface area contributed by atoms with E-state index in [1.165, 1.54) is 17.7 Å². The van der Waals surface area contributed by atoms with E-state index < -0.39 is 0 Å². The number of benzene rings is 1. The minimum absolute atomic E-state index is 0.188. The quantitative estimate of drug-likeness (QED) is 0.613. The molecule has 0 radical (unpaired) electrons. The van der Waals surface area contributed by atoms with Gasteiger partial charge in [-0.15, -0.1) is 0 Å². The van der Waals surface area contributed by atoms with Gasteiger partial charge in [0.2, 0.25) is 0 Å². The van der Waals surface area contributed by atoms with Crippen molar-refractivity contribution in [1.29, 1.82) is 0 Å². The molecule has 2 atom stereocenters. The summed E-state index contributed by atoms with van der Waals surface area (Å²) in [6.07, 6.45) is 3.25. The fourth-order valence-corrected chi connectivity index (χ4v) is 3.00. The predicted octanol–water partition coefficient (Wildman–Crippen LogP) is 4.39. The van der Waals surface area contributed by atoms with Crippen LogP contribution in [0.25, 0.3) is 0 Å². The van der Waals surface area contributed by atoms with Crippen molar-refractivity contribution in [2.45, 2.75) is 39.3 Å². The highest BCUT2D eigenvalue weighted by atomic mass is 32.1. The van der Waals surface area contributed by atoms with Crippen LogP contribution in [0.2, 0.25) is 0 Å². The average Bonchev–Trinajstić information content (AvgIpc) is 2.33. The van der Waals surface area contributed by atoms with Crippen LogP contribution < -0.4 is 0 Å². The smallest absolute Gasteiger partial charge is 0.123 e. The fourth-order valence-electron chi connectivity index (χ4n) is 2.64. The molecule has 1 aromatic carbocycles. The first-order valence-corrected chi connectivity index (χ1v) is 6.83. The van der Waals surface area contributed by atoms with Crippen molar-refractivity contribution in [2.24, 2.45) is 5.92 Å². The molecule has 0 N–H and O–H groups in total. The van der Waals surface area contributed by atoms with Crippen molar-refractivity contribution in [3.05, 3.63) is 47.3 Å². The van der Waals surface area contributed by atoms with Crippen molar-refractivity contribution in [1.82, 2.24) is 4.31 Å². The van der Waals surface area contributed by atoms with Gasteiger partial charge < -0.3 is 0 Å². The van der Waals surface area contributed by atoms with Gasteiger partial charge in [-0.1, -0.05) is 50.4 Å². The van der Waals surface area contributed by atoms with Gasteiger partial charge in [-0.2, -0.15) is 0 Å². The first-order valence-electron chi connectivity index (χ1n) is 6.43. The summed E-state index contributed by atoms with van der Waals surface area (Å²) < 4.78 is 15.0. The molecule has 1 aromatic rings. The van der Waals surface area contributed by atoms with E-state index in [2.05, 4.69) is 44.0 Å². The molecule has 1 aliphatic heterocycles. The highest BCUT2D eigenvalue weighted by Gasteiger charge is 2.29. The summed E-state index contributed by atoms with van der Waals surface area (Å²) in [5.74, 6) is 0.357. The fraction of sp³-hybridized carbons (Fsp3) is 0.467. The van der Waals surface area contributed by atoms with Gasteiger partial charge in [0.1, 0.15) is 5.82 Å². The maximum absolute atomic E-state index is 13.0. The summed E-state index contributed by atoms with van der Waals surface area (Å²) in [4.78, 5) is 0. The summed E-state index contributed by atoms with van der Waals surface area (Å²) >= 11 is 4.64. The molecular formula is C15H20FNS. The number of nitrogens with zero attached hydrogens (tertiary/aromatic N) is 1. The first kappa shape index (κ1) is 13.6. The monoisotopic (exact) mass is 265 g/mol. The molecule has 2 rings (SSSR count). The van der Waals surface area contributed by atoms with Crippen molar-refractivity contribution in [2.75, 3.05) is 0 Å². The van der Waals surface area contributed by atoms with E-state index >= 15 is 0 Å². The van der Waals surface area contributed by atoms with E-state index in [1.807, 2.05) is 12.1 Å². The number of hydrogen-bond acceptors (Lipinski definition) is 2. The van der Waals surface area contributed by atoms with Gasteiger partial charge >= 0.3 is 0 Å². The molecule has 1 nitrogen and oxygen atoms in total. The third-order valence-electron chi connectivity index (χ3n) is 3.70. The molecule has 0 spiro atoms. The van der Waals surface area contributed by atoms with E-state index in [0.29, 0.717) is 12.0 Å². The standard InChI is InChI=1S/C15H20FNS/c1-10(2)14-8-9-15(17(18)11(14)3)12-4-6-13(16)7-5-12/h4-8,10-11,15,18H,9H2,1-3H3. The molecule has 3 heteroatoms. The normalized spacial score (nSPS) is 25.3. The maximum atomic E-state index is 13.0. The molecule has 0 fully saturated rings. The van der Waals surface area contributed by atoms with Gasteiger partial charge in [-0.05, 0) is 37.0 Å². The van der Waals surface area contributed by atoms with E-state index in [9.17, 15) is 4.39 Å². The molecule has 18 heavy (non-hydrogen) atoms. The Morgan fingerprint density at radius 2 is 1.89 bits per heavy atom. The van der Waals surface area contributed by atoms with Crippen LogP contribution in [-0.2, 0) is 0 Å². The first-order chi connectivity index (χ1) is 8.50. The zero-order chi connectivity index (χ0) is 13.3. The van der Waals surface area contributed by atoms with Gasteiger partial charge in [-0.25, -0.2) is 8.70 Å². The van der Waals surface area contributed by atoms with Gasteiger partial charge in [-0.3, -0.25) is 0 Å². The van der Waals surface area contributed by atoms with Crippen LogP contribution in [0.3, 0.4) is 0 Å². The Bertz CT molecular complexity index is 438. The molecule has 0 bridgehead atoms. The minimum Gasteiger partial charge on any atom is -0.239 e. The summed E-state index contributed by atoms with van der Waals surface area (Å²) in [5.41, 5.74) is 2.56. The van der Waals surface area contributed by atoms with Crippen LogP contribution in [-0.4, -0.2) is 10.3 Å². The van der Waals surface area contributed by atoms with Crippen LogP contribution >= 0.6 is 12.8 Å². The second-order valence-electron chi connectivity index (χ2n) is 5.22. The molecule has 2 unspecified atom stereocenters. The van der Waals surface area contributed by atoms with Gasteiger partial charge in [0.15, 0.2) is 0 Å². The summed E-state index contributed by atoms with van der Waals surface area (Å²) in [6.45, 7) is 6.60. The van der Waals surface area contributed by atoms with Crippen LogP contribution in [0, 0.1) is 11.7 Å². The Labute approximate surface area is 114 Å². The van der Waals surface area contributed by atoms with E-state index in [-0.39, 0.29) is 11.9 Å². The van der Waals surface area contributed by atoms with Crippen LogP contribution in [0.4, 0.5) is 4.39 Å². The topological polar surface area (TPSA) is 3.24 Å². The lowest BCUT2D eigenvalue weighted by atomic mass is 9.88. The molecule has 98 valence electrons. The lowest BCUT2D eigenvalue weighted by Crippen LogP contribution is -2.35. The number of hydrogen-bond donors (Lipinski definition) is 1. The highest BCUT2D eigenvalue weighted by molar-refractivity contribution is 7.77. The number of rotatable bonds is 2. The van der Waals surface area contributed by atoms with E-state index in [4.69, 9.17) is 0 Å². The molecule has 0 saturated carbocycles. The zero-order valence-electron chi connectivity index (χ0n) is 11.1. The second-order valence-corrected chi connectivity index (χ2v) is 5.68.